The zero-order valence-corrected chi connectivity index (χ0v) is 18.2. The summed E-state index contributed by atoms with van der Waals surface area (Å²) in [6.07, 6.45) is 1.05. The van der Waals surface area contributed by atoms with Gasteiger partial charge in [-0.3, -0.25) is 0 Å². The van der Waals surface area contributed by atoms with Crippen molar-refractivity contribution >= 4 is 37.8 Å². The van der Waals surface area contributed by atoms with Gasteiger partial charge in [0.15, 0.2) is 0 Å². The highest BCUT2D eigenvalue weighted by Gasteiger charge is 2.14. The Morgan fingerprint density at radius 3 is 2.35 bits per heavy atom. The van der Waals surface area contributed by atoms with E-state index in [0.29, 0.717) is 40.7 Å². The van der Waals surface area contributed by atoms with Crippen LogP contribution in [-0.2, 0) is 4.74 Å². The Morgan fingerprint density at radius 2 is 1.73 bits per heavy atom. The normalized spacial score (nSPS) is 11.9. The van der Waals surface area contributed by atoms with Gasteiger partial charge in [0, 0.05) is 7.11 Å². The van der Waals surface area contributed by atoms with Crippen molar-refractivity contribution in [1.29, 1.82) is 0 Å². The molecule has 4 nitrogen and oxygen atoms in total. The first-order chi connectivity index (χ1) is 12.5. The van der Waals surface area contributed by atoms with Gasteiger partial charge in [0.25, 0.3) is 0 Å². The number of rotatable bonds is 8. The largest absolute Gasteiger partial charge is 0.490 e. The summed E-state index contributed by atoms with van der Waals surface area (Å²) >= 11 is 6.91. The van der Waals surface area contributed by atoms with Crippen LogP contribution < -0.4 is 9.47 Å². The summed E-state index contributed by atoms with van der Waals surface area (Å²) in [7, 11) is 1.62. The van der Waals surface area contributed by atoms with Crippen molar-refractivity contribution < 1.29 is 19.0 Å². The van der Waals surface area contributed by atoms with Crippen molar-refractivity contribution in [3.05, 3.63) is 56.5 Å². The summed E-state index contributed by atoms with van der Waals surface area (Å²) in [5.74, 6) is 1.18. The van der Waals surface area contributed by atoms with E-state index in [0.717, 1.165) is 10.9 Å². The van der Waals surface area contributed by atoms with E-state index in [2.05, 4.69) is 45.7 Å². The Morgan fingerprint density at radius 1 is 1.04 bits per heavy atom. The summed E-state index contributed by atoms with van der Waals surface area (Å²) in [5.41, 5.74) is 1.65. The third-order valence-corrected chi connectivity index (χ3v) is 5.29. The van der Waals surface area contributed by atoms with Crippen molar-refractivity contribution in [3.8, 4) is 11.5 Å². The van der Waals surface area contributed by atoms with Gasteiger partial charge in [0.05, 0.1) is 21.1 Å². The van der Waals surface area contributed by atoms with Crippen molar-refractivity contribution in [1.82, 2.24) is 0 Å². The van der Waals surface area contributed by atoms with Crippen LogP contribution in [-0.4, -0.2) is 26.3 Å². The van der Waals surface area contributed by atoms with Crippen molar-refractivity contribution in [2.24, 2.45) is 0 Å². The molecule has 0 spiro atoms. The van der Waals surface area contributed by atoms with Gasteiger partial charge in [-0.1, -0.05) is 19.9 Å². The molecular formula is C20H22Br2O4. The lowest BCUT2D eigenvalue weighted by atomic mass is 9.99. The summed E-state index contributed by atoms with van der Waals surface area (Å²) in [6, 6.07) is 10.9. The second-order valence-corrected chi connectivity index (χ2v) is 7.58. The average Bonchev–Trinajstić information content (AvgIpc) is 2.64. The number of methoxy groups -OCH3 is 1. The van der Waals surface area contributed by atoms with Gasteiger partial charge in [0.2, 0.25) is 0 Å². The van der Waals surface area contributed by atoms with Crippen LogP contribution in [0.4, 0.5) is 0 Å². The molecule has 0 saturated carbocycles. The second-order valence-electron chi connectivity index (χ2n) is 5.88. The zero-order chi connectivity index (χ0) is 19.1. The van der Waals surface area contributed by atoms with Crippen molar-refractivity contribution in [2.75, 3.05) is 20.3 Å². The smallest absolute Gasteiger partial charge is 0.343 e. The third kappa shape index (κ3) is 5.56. The molecule has 0 N–H and O–H groups in total. The fourth-order valence-electron chi connectivity index (χ4n) is 2.28. The predicted molar refractivity (Wildman–Crippen MR) is 109 cm³/mol. The minimum Gasteiger partial charge on any atom is -0.490 e. The molecule has 2 rings (SSSR count). The maximum atomic E-state index is 12.4. The molecule has 1 atom stereocenters. The molecule has 0 aliphatic carbocycles. The maximum Gasteiger partial charge on any atom is 0.343 e. The maximum absolute atomic E-state index is 12.4. The number of carbonyl (C=O) groups excluding carboxylic acids is 1. The van der Waals surface area contributed by atoms with E-state index >= 15 is 0 Å². The number of hydrogen-bond acceptors (Lipinski definition) is 4. The SMILES string of the molecule is CCC(C)c1ccc(OC(=O)c2ccc(OCCOC)c(Br)c2)c(Br)c1. The van der Waals surface area contributed by atoms with Crippen LogP contribution in [0.3, 0.4) is 0 Å². The molecule has 26 heavy (non-hydrogen) atoms. The standard InChI is InChI=1S/C20H22Br2O4/c1-4-13(2)14-5-8-19(17(22)11-14)26-20(23)15-6-7-18(16(21)12-15)25-10-9-24-3/h5-8,11-13H,4,9-10H2,1-3H3. The zero-order valence-electron chi connectivity index (χ0n) is 15.1. The molecule has 2 aromatic rings. The summed E-state index contributed by atoms with van der Waals surface area (Å²) < 4.78 is 17.5. The molecule has 0 amide bonds. The number of ether oxygens (including phenoxy) is 3. The number of halogens is 2. The number of esters is 1. The minimum absolute atomic E-state index is 0.425. The molecule has 0 radical (unpaired) electrons. The van der Waals surface area contributed by atoms with Crippen LogP contribution in [0.5, 0.6) is 11.5 Å². The van der Waals surface area contributed by atoms with Gasteiger partial charge >= 0.3 is 5.97 Å². The van der Waals surface area contributed by atoms with E-state index in [1.165, 1.54) is 5.56 Å². The lowest BCUT2D eigenvalue weighted by Gasteiger charge is -2.13. The van der Waals surface area contributed by atoms with Crippen molar-refractivity contribution in [2.45, 2.75) is 26.2 Å². The molecule has 2 aromatic carbocycles. The molecule has 140 valence electrons. The van der Waals surface area contributed by atoms with Crippen LogP contribution in [0, 0.1) is 0 Å². The molecular weight excluding hydrogens is 464 g/mol. The fourth-order valence-corrected chi connectivity index (χ4v) is 3.25. The van der Waals surface area contributed by atoms with Crippen LogP contribution in [0.15, 0.2) is 45.3 Å². The monoisotopic (exact) mass is 484 g/mol. The minimum atomic E-state index is -0.425. The highest BCUT2D eigenvalue weighted by Crippen LogP contribution is 2.31. The van der Waals surface area contributed by atoms with Gasteiger partial charge in [-0.25, -0.2) is 4.79 Å². The lowest BCUT2D eigenvalue weighted by molar-refractivity contribution is 0.0733. The molecule has 0 aliphatic heterocycles. The molecule has 1 unspecified atom stereocenters. The van der Waals surface area contributed by atoms with Gasteiger partial charge in [0.1, 0.15) is 18.1 Å². The quantitative estimate of drug-likeness (QED) is 0.262. The number of hydrogen-bond donors (Lipinski definition) is 0. The summed E-state index contributed by atoms with van der Waals surface area (Å²) in [5, 5.41) is 0. The molecule has 0 fully saturated rings. The first kappa shape index (κ1) is 20.9. The first-order valence-electron chi connectivity index (χ1n) is 8.39. The van der Waals surface area contributed by atoms with Gasteiger partial charge < -0.3 is 14.2 Å². The van der Waals surface area contributed by atoms with E-state index in [9.17, 15) is 4.79 Å². The lowest BCUT2D eigenvalue weighted by Crippen LogP contribution is -2.10. The summed E-state index contributed by atoms with van der Waals surface area (Å²) in [6.45, 7) is 5.25. The van der Waals surface area contributed by atoms with E-state index in [1.54, 1.807) is 25.3 Å². The topological polar surface area (TPSA) is 44.8 Å². The van der Waals surface area contributed by atoms with Gasteiger partial charge in [-0.05, 0) is 80.1 Å². The summed E-state index contributed by atoms with van der Waals surface area (Å²) in [4.78, 5) is 12.4. The third-order valence-electron chi connectivity index (χ3n) is 4.05. The van der Waals surface area contributed by atoms with E-state index in [-0.39, 0.29) is 0 Å². The Hall–Kier alpha value is -1.37. The van der Waals surface area contributed by atoms with Crippen LogP contribution in [0.25, 0.3) is 0 Å². The predicted octanol–water partition coefficient (Wildman–Crippen LogP) is 5.97. The molecule has 0 aromatic heterocycles. The van der Waals surface area contributed by atoms with Crippen LogP contribution in [0.1, 0.15) is 42.1 Å². The Bertz CT molecular complexity index is 761. The Kier molecular flexibility index (Phi) is 8.13. The van der Waals surface area contributed by atoms with Crippen LogP contribution >= 0.6 is 31.9 Å². The highest BCUT2D eigenvalue weighted by molar-refractivity contribution is 9.10. The highest BCUT2D eigenvalue weighted by atomic mass is 79.9. The number of carbonyl (C=O) groups is 1. The van der Waals surface area contributed by atoms with Gasteiger partial charge in [-0.2, -0.15) is 0 Å². The first-order valence-corrected chi connectivity index (χ1v) is 9.97. The van der Waals surface area contributed by atoms with E-state index in [4.69, 9.17) is 14.2 Å². The second kappa shape index (κ2) is 10.1. The van der Waals surface area contributed by atoms with Gasteiger partial charge in [-0.15, -0.1) is 0 Å². The van der Waals surface area contributed by atoms with Crippen LogP contribution in [0.2, 0.25) is 0 Å². The molecule has 0 aliphatic rings. The fraction of sp³-hybridized carbons (Fsp3) is 0.350. The van der Waals surface area contributed by atoms with Crippen molar-refractivity contribution in [3.63, 3.8) is 0 Å². The Balaban J connectivity index is 2.09. The number of benzene rings is 2. The Labute approximate surface area is 171 Å². The molecule has 0 heterocycles. The molecule has 6 heteroatoms. The molecule has 0 bridgehead atoms. The van der Waals surface area contributed by atoms with E-state index < -0.39 is 5.97 Å². The average molecular weight is 486 g/mol. The van der Waals surface area contributed by atoms with E-state index in [1.807, 2.05) is 18.2 Å². The molecule has 0 saturated heterocycles.